The number of pyridine rings is 1. The second-order valence-corrected chi connectivity index (χ2v) is 7.46. The van der Waals surface area contributed by atoms with E-state index in [0.717, 1.165) is 23.5 Å². The minimum absolute atomic E-state index is 0.422. The van der Waals surface area contributed by atoms with Gasteiger partial charge in [-0.15, -0.1) is 10.2 Å². The van der Waals surface area contributed by atoms with Gasteiger partial charge in [0.15, 0.2) is 5.96 Å². The van der Waals surface area contributed by atoms with Crippen LogP contribution in [0.4, 0.5) is 5.82 Å². The molecule has 4 aromatic rings. The molecule has 0 radical (unpaired) electrons. The summed E-state index contributed by atoms with van der Waals surface area (Å²) in [5, 5.41) is 15.2. The van der Waals surface area contributed by atoms with Gasteiger partial charge in [0.2, 0.25) is 5.89 Å². The van der Waals surface area contributed by atoms with Gasteiger partial charge in [-0.25, -0.2) is 15.0 Å². The highest BCUT2D eigenvalue weighted by atomic mass is 32.2. The fraction of sp³-hybridized carbons (Fsp3) is 0.238. The summed E-state index contributed by atoms with van der Waals surface area (Å²) in [5.41, 5.74) is 1.66. The molecule has 0 bridgehead atoms. The van der Waals surface area contributed by atoms with Crippen molar-refractivity contribution in [3.63, 3.8) is 0 Å². The van der Waals surface area contributed by atoms with Crippen molar-refractivity contribution in [3.8, 4) is 17.3 Å². The van der Waals surface area contributed by atoms with E-state index in [-0.39, 0.29) is 0 Å². The van der Waals surface area contributed by atoms with Crippen molar-refractivity contribution in [2.24, 2.45) is 4.99 Å². The van der Waals surface area contributed by atoms with Crippen LogP contribution in [0.3, 0.4) is 0 Å². The Hall–Kier alpha value is -3.73. The summed E-state index contributed by atoms with van der Waals surface area (Å²) < 4.78 is 7.75. The molecule has 164 valence electrons. The SMILES string of the molecule is CCN=C(NCC)Nc1ncncc1CSc1nnc(-c2ccc(-n3cccc3)nc2)o1. The van der Waals surface area contributed by atoms with Gasteiger partial charge in [0, 0.05) is 49.2 Å². The number of nitrogens with zero attached hydrogens (tertiary/aromatic N) is 7. The molecule has 2 N–H and O–H groups in total. The van der Waals surface area contributed by atoms with E-state index in [1.54, 1.807) is 12.4 Å². The van der Waals surface area contributed by atoms with Crippen LogP contribution in [0.2, 0.25) is 0 Å². The molecular weight excluding hydrogens is 426 g/mol. The van der Waals surface area contributed by atoms with Gasteiger partial charge in [0.1, 0.15) is 18.0 Å². The number of hydrogen-bond donors (Lipinski definition) is 2. The van der Waals surface area contributed by atoms with E-state index in [1.807, 2.05) is 55.1 Å². The van der Waals surface area contributed by atoms with Crippen LogP contribution in [-0.2, 0) is 5.75 Å². The van der Waals surface area contributed by atoms with Gasteiger partial charge in [0.25, 0.3) is 5.22 Å². The van der Waals surface area contributed by atoms with Crippen molar-refractivity contribution in [3.05, 3.63) is 60.9 Å². The lowest BCUT2D eigenvalue weighted by Gasteiger charge is -2.12. The first kappa shape index (κ1) is 21.5. The van der Waals surface area contributed by atoms with Gasteiger partial charge in [-0.1, -0.05) is 11.8 Å². The zero-order chi connectivity index (χ0) is 22.2. The van der Waals surface area contributed by atoms with Crippen LogP contribution in [-0.4, -0.2) is 48.8 Å². The maximum absolute atomic E-state index is 5.82. The Balaban J connectivity index is 1.42. The summed E-state index contributed by atoms with van der Waals surface area (Å²) in [6.07, 6.45) is 8.87. The minimum atomic E-state index is 0.422. The van der Waals surface area contributed by atoms with Crippen LogP contribution in [0.1, 0.15) is 19.4 Å². The predicted molar refractivity (Wildman–Crippen MR) is 124 cm³/mol. The Morgan fingerprint density at radius 3 is 2.75 bits per heavy atom. The third-order valence-corrected chi connectivity index (χ3v) is 5.17. The number of nitrogens with one attached hydrogen (secondary N) is 2. The quantitative estimate of drug-likeness (QED) is 0.237. The fourth-order valence-electron chi connectivity index (χ4n) is 2.83. The van der Waals surface area contributed by atoms with Crippen molar-refractivity contribution in [2.75, 3.05) is 18.4 Å². The molecule has 0 aliphatic rings. The van der Waals surface area contributed by atoms with Crippen LogP contribution in [0.25, 0.3) is 17.3 Å². The zero-order valence-corrected chi connectivity index (χ0v) is 18.6. The van der Waals surface area contributed by atoms with E-state index < -0.39 is 0 Å². The van der Waals surface area contributed by atoms with Crippen molar-refractivity contribution >= 4 is 23.5 Å². The number of rotatable bonds is 8. The molecule has 0 fully saturated rings. The molecular formula is C21H23N9OS. The molecule has 0 amide bonds. The monoisotopic (exact) mass is 449 g/mol. The Kier molecular flexibility index (Phi) is 7.08. The topological polar surface area (TPSA) is 119 Å². The third-order valence-electron chi connectivity index (χ3n) is 4.31. The van der Waals surface area contributed by atoms with Gasteiger partial charge >= 0.3 is 0 Å². The molecule has 0 unspecified atom stereocenters. The maximum atomic E-state index is 5.82. The molecule has 32 heavy (non-hydrogen) atoms. The average Bonchev–Trinajstić information content (AvgIpc) is 3.52. The second kappa shape index (κ2) is 10.5. The van der Waals surface area contributed by atoms with Crippen LogP contribution < -0.4 is 10.6 Å². The minimum Gasteiger partial charge on any atom is -0.411 e. The number of guanidine groups is 1. The van der Waals surface area contributed by atoms with Gasteiger partial charge in [-0.05, 0) is 38.1 Å². The molecule has 10 nitrogen and oxygen atoms in total. The molecule has 0 saturated carbocycles. The van der Waals surface area contributed by atoms with Crippen molar-refractivity contribution in [1.29, 1.82) is 0 Å². The van der Waals surface area contributed by atoms with E-state index >= 15 is 0 Å². The van der Waals surface area contributed by atoms with Gasteiger partial charge < -0.3 is 19.6 Å². The summed E-state index contributed by atoms with van der Waals surface area (Å²) >= 11 is 1.41. The van der Waals surface area contributed by atoms with E-state index in [2.05, 4.69) is 40.8 Å². The van der Waals surface area contributed by atoms with Gasteiger partial charge in [0.05, 0.1) is 5.56 Å². The van der Waals surface area contributed by atoms with Crippen LogP contribution in [0.15, 0.2) is 70.0 Å². The molecule has 0 saturated heterocycles. The van der Waals surface area contributed by atoms with Crippen LogP contribution >= 0.6 is 11.8 Å². The first-order valence-corrected chi connectivity index (χ1v) is 11.2. The normalized spacial score (nSPS) is 11.5. The predicted octanol–water partition coefficient (Wildman–Crippen LogP) is 3.40. The molecule has 4 aromatic heterocycles. The van der Waals surface area contributed by atoms with Crippen molar-refractivity contribution in [1.82, 2.24) is 35.0 Å². The number of aromatic nitrogens is 6. The highest BCUT2D eigenvalue weighted by molar-refractivity contribution is 7.98. The Morgan fingerprint density at radius 1 is 1.12 bits per heavy atom. The molecule has 4 heterocycles. The number of hydrogen-bond acceptors (Lipinski definition) is 8. The van der Waals surface area contributed by atoms with Gasteiger partial charge in [-0.3, -0.25) is 4.99 Å². The molecule has 4 rings (SSSR count). The maximum Gasteiger partial charge on any atom is 0.277 e. The van der Waals surface area contributed by atoms with Crippen LogP contribution in [0.5, 0.6) is 0 Å². The molecule has 0 aliphatic carbocycles. The Morgan fingerprint density at radius 2 is 2.00 bits per heavy atom. The van der Waals surface area contributed by atoms with Crippen molar-refractivity contribution in [2.45, 2.75) is 24.8 Å². The van der Waals surface area contributed by atoms with E-state index in [4.69, 9.17) is 4.42 Å². The number of thioether (sulfide) groups is 1. The van der Waals surface area contributed by atoms with Gasteiger partial charge in [-0.2, -0.15) is 0 Å². The molecule has 11 heteroatoms. The summed E-state index contributed by atoms with van der Waals surface area (Å²) in [5.74, 6) is 3.16. The van der Waals surface area contributed by atoms with E-state index in [1.165, 1.54) is 18.1 Å². The van der Waals surface area contributed by atoms with E-state index in [0.29, 0.717) is 35.2 Å². The lowest BCUT2D eigenvalue weighted by atomic mass is 10.3. The van der Waals surface area contributed by atoms with E-state index in [9.17, 15) is 0 Å². The summed E-state index contributed by atoms with van der Waals surface area (Å²) in [7, 11) is 0. The number of aliphatic imine (C=N–C) groups is 1. The van der Waals surface area contributed by atoms with Crippen LogP contribution in [0, 0.1) is 0 Å². The Labute approximate surface area is 189 Å². The first-order valence-electron chi connectivity index (χ1n) is 10.2. The summed E-state index contributed by atoms with van der Waals surface area (Å²) in [4.78, 5) is 17.3. The largest absolute Gasteiger partial charge is 0.411 e. The van der Waals surface area contributed by atoms with Crippen molar-refractivity contribution < 1.29 is 4.42 Å². The number of anilines is 1. The first-order chi connectivity index (χ1) is 15.8. The molecule has 0 aromatic carbocycles. The lowest BCUT2D eigenvalue weighted by molar-refractivity contribution is 0.465. The summed E-state index contributed by atoms with van der Waals surface area (Å²) in [6.45, 7) is 5.41. The lowest BCUT2D eigenvalue weighted by Crippen LogP contribution is -2.31. The highest BCUT2D eigenvalue weighted by Gasteiger charge is 2.13. The second-order valence-electron chi connectivity index (χ2n) is 6.53. The average molecular weight is 450 g/mol. The third kappa shape index (κ3) is 5.30. The molecule has 0 atom stereocenters. The standard InChI is InChI=1S/C21H23N9OS/c1-3-23-20(24-4-2)27-18-16(11-22-14-26-18)13-32-21-29-28-19(31-21)15-7-8-17(25-12-15)30-9-5-6-10-30/h5-12,14H,3-4,13H2,1-2H3,(H2,22,23,24,26,27). The smallest absolute Gasteiger partial charge is 0.277 e. The highest BCUT2D eigenvalue weighted by Crippen LogP contribution is 2.27. The molecule has 0 spiro atoms. The Bertz CT molecular complexity index is 1160. The fourth-order valence-corrected chi connectivity index (χ4v) is 3.56. The molecule has 0 aliphatic heterocycles. The summed E-state index contributed by atoms with van der Waals surface area (Å²) in [6, 6.07) is 7.72. The zero-order valence-electron chi connectivity index (χ0n) is 17.8.